The van der Waals surface area contributed by atoms with Crippen LogP contribution in [0.15, 0.2) is 18.2 Å². The molecule has 1 unspecified atom stereocenters. The maximum Gasteiger partial charge on any atom is 0.212 e. The van der Waals surface area contributed by atoms with Crippen molar-refractivity contribution >= 4 is 15.7 Å². The first-order chi connectivity index (χ1) is 9.03. The molecule has 0 radical (unpaired) electrons. The van der Waals surface area contributed by atoms with Crippen molar-refractivity contribution in [2.45, 2.75) is 38.1 Å². The Morgan fingerprint density at radius 3 is 2.79 bits per heavy atom. The van der Waals surface area contributed by atoms with E-state index in [4.69, 9.17) is 5.73 Å². The highest BCUT2D eigenvalue weighted by Crippen LogP contribution is 2.33. The van der Waals surface area contributed by atoms with Crippen LogP contribution in [0.4, 0.5) is 5.69 Å². The highest BCUT2D eigenvalue weighted by molar-refractivity contribution is 7.89. The van der Waals surface area contributed by atoms with Gasteiger partial charge in [-0.1, -0.05) is 6.07 Å². The maximum absolute atomic E-state index is 12.1. The van der Waals surface area contributed by atoms with Crippen LogP contribution in [0.25, 0.3) is 0 Å². The summed E-state index contributed by atoms with van der Waals surface area (Å²) in [5, 5.41) is 0. The number of rotatable bonds is 4. The Hall–Kier alpha value is -1.07. The van der Waals surface area contributed by atoms with Gasteiger partial charge < -0.3 is 5.73 Å². The van der Waals surface area contributed by atoms with Crippen LogP contribution in [0.3, 0.4) is 0 Å². The van der Waals surface area contributed by atoms with Gasteiger partial charge >= 0.3 is 0 Å². The Morgan fingerprint density at radius 2 is 2.05 bits per heavy atom. The quantitative estimate of drug-likeness (QED) is 0.828. The van der Waals surface area contributed by atoms with Crippen LogP contribution in [-0.4, -0.2) is 14.2 Å². The van der Waals surface area contributed by atoms with Crippen molar-refractivity contribution in [2.24, 2.45) is 5.92 Å². The molecule has 1 saturated carbocycles. The summed E-state index contributed by atoms with van der Waals surface area (Å²) in [6, 6.07) is 5.71. The van der Waals surface area contributed by atoms with E-state index in [0.717, 1.165) is 43.4 Å². The zero-order valence-corrected chi connectivity index (χ0v) is 11.7. The van der Waals surface area contributed by atoms with Crippen molar-refractivity contribution in [1.82, 2.24) is 4.72 Å². The minimum atomic E-state index is -3.15. The summed E-state index contributed by atoms with van der Waals surface area (Å²) in [4.78, 5) is 0. The minimum absolute atomic E-state index is 0.0758. The average Bonchev–Trinajstić information content (AvgIpc) is 3.11. The number of hydrogen-bond acceptors (Lipinski definition) is 3. The van der Waals surface area contributed by atoms with E-state index in [9.17, 15) is 8.42 Å². The molecule has 2 aliphatic rings. The molecule has 0 amide bonds. The van der Waals surface area contributed by atoms with E-state index in [2.05, 4.69) is 4.72 Å². The molecule has 0 saturated heterocycles. The second-order valence-electron chi connectivity index (χ2n) is 5.75. The van der Waals surface area contributed by atoms with Gasteiger partial charge in [-0.25, -0.2) is 13.1 Å². The fraction of sp³-hybridized carbons (Fsp3) is 0.571. The van der Waals surface area contributed by atoms with Crippen LogP contribution in [0.2, 0.25) is 0 Å². The SMILES string of the molecule is Nc1ccc2c(c1)CCCC2NS(=O)(=O)CC1CC1. The number of hydrogen-bond donors (Lipinski definition) is 2. The van der Waals surface area contributed by atoms with E-state index in [1.807, 2.05) is 18.2 Å². The first-order valence-electron chi connectivity index (χ1n) is 6.92. The maximum atomic E-state index is 12.1. The van der Waals surface area contributed by atoms with Crippen LogP contribution >= 0.6 is 0 Å². The lowest BCUT2D eigenvalue weighted by Gasteiger charge is -2.26. The van der Waals surface area contributed by atoms with Gasteiger partial charge in [-0.05, 0) is 61.3 Å². The van der Waals surface area contributed by atoms with E-state index >= 15 is 0 Å². The molecule has 5 heteroatoms. The second kappa shape index (κ2) is 4.80. The predicted octanol–water partition coefficient (Wildman–Crippen LogP) is 1.98. The molecule has 1 aromatic carbocycles. The van der Waals surface area contributed by atoms with Crippen LogP contribution in [-0.2, 0) is 16.4 Å². The van der Waals surface area contributed by atoms with Crippen molar-refractivity contribution in [3.8, 4) is 0 Å². The zero-order valence-electron chi connectivity index (χ0n) is 10.9. The number of nitrogens with two attached hydrogens (primary N) is 1. The molecule has 3 rings (SSSR count). The molecule has 1 fully saturated rings. The lowest BCUT2D eigenvalue weighted by Crippen LogP contribution is -2.33. The van der Waals surface area contributed by atoms with Gasteiger partial charge in [-0.15, -0.1) is 0 Å². The van der Waals surface area contributed by atoms with Gasteiger partial charge in [0.2, 0.25) is 10.0 Å². The van der Waals surface area contributed by atoms with Crippen LogP contribution in [0.1, 0.15) is 42.9 Å². The smallest absolute Gasteiger partial charge is 0.212 e. The molecule has 104 valence electrons. The van der Waals surface area contributed by atoms with Crippen molar-refractivity contribution in [3.63, 3.8) is 0 Å². The van der Waals surface area contributed by atoms with Crippen LogP contribution in [0.5, 0.6) is 0 Å². The van der Waals surface area contributed by atoms with Gasteiger partial charge in [0.05, 0.1) is 5.75 Å². The molecule has 0 spiro atoms. The number of anilines is 1. The minimum Gasteiger partial charge on any atom is -0.399 e. The largest absolute Gasteiger partial charge is 0.399 e. The Morgan fingerprint density at radius 1 is 1.26 bits per heavy atom. The third-order valence-corrected chi connectivity index (χ3v) is 5.51. The Balaban J connectivity index is 1.79. The van der Waals surface area contributed by atoms with Crippen molar-refractivity contribution in [1.29, 1.82) is 0 Å². The number of nitrogens with one attached hydrogen (secondary N) is 1. The molecule has 0 aromatic heterocycles. The van der Waals surface area contributed by atoms with Gasteiger partial charge in [0.25, 0.3) is 0 Å². The first kappa shape index (κ1) is 12.9. The van der Waals surface area contributed by atoms with Crippen molar-refractivity contribution in [2.75, 3.05) is 11.5 Å². The normalized spacial score (nSPS) is 23.1. The number of fused-ring (bicyclic) bond motifs is 1. The molecule has 3 N–H and O–H groups in total. The summed E-state index contributed by atoms with van der Waals surface area (Å²) in [6.07, 6.45) is 4.98. The number of benzene rings is 1. The van der Waals surface area contributed by atoms with Gasteiger partial charge in [-0.2, -0.15) is 0 Å². The van der Waals surface area contributed by atoms with E-state index in [0.29, 0.717) is 5.92 Å². The molecule has 2 aliphatic carbocycles. The second-order valence-corrected chi connectivity index (χ2v) is 7.54. The highest BCUT2D eigenvalue weighted by Gasteiger charge is 2.31. The third kappa shape index (κ3) is 3.09. The van der Waals surface area contributed by atoms with E-state index in [1.165, 1.54) is 5.56 Å². The average molecular weight is 280 g/mol. The molecular formula is C14H20N2O2S. The molecular weight excluding hydrogens is 260 g/mol. The summed E-state index contributed by atoms with van der Waals surface area (Å²) in [5.41, 5.74) is 8.82. The summed E-state index contributed by atoms with van der Waals surface area (Å²) in [5.74, 6) is 0.667. The molecule has 19 heavy (non-hydrogen) atoms. The summed E-state index contributed by atoms with van der Waals surface area (Å²) >= 11 is 0. The Kier molecular flexibility index (Phi) is 3.27. The molecule has 4 nitrogen and oxygen atoms in total. The van der Waals surface area contributed by atoms with E-state index in [1.54, 1.807) is 0 Å². The number of nitrogen functional groups attached to an aromatic ring is 1. The fourth-order valence-electron chi connectivity index (χ4n) is 2.82. The number of aryl methyl sites for hydroxylation is 1. The van der Waals surface area contributed by atoms with E-state index < -0.39 is 10.0 Å². The molecule has 0 heterocycles. The summed E-state index contributed by atoms with van der Waals surface area (Å²) in [6.45, 7) is 0. The molecule has 1 atom stereocenters. The summed E-state index contributed by atoms with van der Waals surface area (Å²) < 4.78 is 27.1. The molecule has 0 aliphatic heterocycles. The lowest BCUT2D eigenvalue weighted by atomic mass is 9.88. The lowest BCUT2D eigenvalue weighted by molar-refractivity contribution is 0.506. The zero-order chi connectivity index (χ0) is 13.5. The van der Waals surface area contributed by atoms with E-state index in [-0.39, 0.29) is 11.8 Å². The number of sulfonamides is 1. The molecule has 0 bridgehead atoms. The van der Waals surface area contributed by atoms with Crippen molar-refractivity contribution in [3.05, 3.63) is 29.3 Å². The Bertz CT molecular complexity index is 579. The standard InChI is InChI=1S/C14H20N2O2S/c15-12-6-7-13-11(8-12)2-1-3-14(13)16-19(17,18)9-10-4-5-10/h6-8,10,14,16H,1-5,9,15H2. The topological polar surface area (TPSA) is 72.2 Å². The highest BCUT2D eigenvalue weighted by atomic mass is 32.2. The third-order valence-electron chi connectivity index (χ3n) is 3.96. The van der Waals surface area contributed by atoms with Gasteiger partial charge in [0.15, 0.2) is 0 Å². The van der Waals surface area contributed by atoms with Gasteiger partial charge in [0, 0.05) is 11.7 Å². The van der Waals surface area contributed by atoms with Crippen LogP contribution < -0.4 is 10.5 Å². The predicted molar refractivity (Wildman–Crippen MR) is 76.2 cm³/mol. The van der Waals surface area contributed by atoms with Crippen molar-refractivity contribution < 1.29 is 8.42 Å². The van der Waals surface area contributed by atoms with Crippen LogP contribution in [0, 0.1) is 5.92 Å². The Labute approximate surface area is 114 Å². The monoisotopic (exact) mass is 280 g/mol. The van der Waals surface area contributed by atoms with Gasteiger partial charge in [0.1, 0.15) is 0 Å². The van der Waals surface area contributed by atoms with Gasteiger partial charge in [-0.3, -0.25) is 0 Å². The fourth-order valence-corrected chi connectivity index (χ4v) is 4.54. The summed E-state index contributed by atoms with van der Waals surface area (Å²) in [7, 11) is -3.15. The first-order valence-corrected chi connectivity index (χ1v) is 8.57. The molecule has 1 aromatic rings.